The molecule has 0 aromatic carbocycles. The van der Waals surface area contributed by atoms with Gasteiger partial charge in [-0.15, -0.1) is 0 Å². The zero-order valence-electron chi connectivity index (χ0n) is 10.5. The van der Waals surface area contributed by atoms with E-state index in [4.69, 9.17) is 16.3 Å². The molecule has 0 aliphatic heterocycles. The first kappa shape index (κ1) is 14.4. The molecule has 1 heterocycles. The van der Waals surface area contributed by atoms with E-state index < -0.39 is 6.04 Å². The molecule has 2 N–H and O–H groups in total. The highest BCUT2D eigenvalue weighted by Crippen LogP contribution is 2.11. The molecule has 0 radical (unpaired) electrons. The highest BCUT2D eigenvalue weighted by Gasteiger charge is 2.14. The van der Waals surface area contributed by atoms with Gasteiger partial charge in [0.1, 0.15) is 6.04 Å². The van der Waals surface area contributed by atoms with Crippen molar-refractivity contribution in [2.45, 2.75) is 26.3 Å². The van der Waals surface area contributed by atoms with Gasteiger partial charge in [0.05, 0.1) is 7.11 Å². The Labute approximate surface area is 110 Å². The van der Waals surface area contributed by atoms with E-state index in [1.54, 1.807) is 6.92 Å². The Hall–Kier alpha value is -1.63. The number of ether oxygens (including phenoxy) is 1. The van der Waals surface area contributed by atoms with Crippen molar-refractivity contribution in [2.24, 2.45) is 0 Å². The maximum absolute atomic E-state index is 11.6. The summed E-state index contributed by atoms with van der Waals surface area (Å²) in [5.74, 6) is 0.0679. The van der Waals surface area contributed by atoms with Crippen LogP contribution in [-0.4, -0.2) is 40.6 Å². The first-order valence-electron chi connectivity index (χ1n) is 5.56. The van der Waals surface area contributed by atoms with Crippen LogP contribution in [-0.2, 0) is 4.79 Å². The molecule has 1 aromatic rings. The maximum atomic E-state index is 11.6. The fourth-order valence-electron chi connectivity index (χ4n) is 1.15. The standard InChI is InChI=1S/C10H16ClN5O2/c1-4-5-12-7(17)6(2)13-9-14-8(11)15-10(16-9)18-3/h6H,4-5H2,1-3H3,(H,12,17)(H,13,14,15,16). The Bertz CT molecular complexity index is 415. The van der Waals surface area contributed by atoms with E-state index >= 15 is 0 Å². The van der Waals surface area contributed by atoms with Gasteiger partial charge in [-0.2, -0.15) is 15.0 Å². The summed E-state index contributed by atoms with van der Waals surface area (Å²) in [6, 6.07) is -0.376. The van der Waals surface area contributed by atoms with Crippen LogP contribution in [0.1, 0.15) is 20.3 Å². The Morgan fingerprint density at radius 1 is 1.44 bits per heavy atom. The second-order valence-electron chi connectivity index (χ2n) is 3.57. The van der Waals surface area contributed by atoms with E-state index in [9.17, 15) is 4.79 Å². The third kappa shape index (κ3) is 4.33. The lowest BCUT2D eigenvalue weighted by Gasteiger charge is -2.13. The predicted octanol–water partition coefficient (Wildman–Crippen LogP) is 0.860. The quantitative estimate of drug-likeness (QED) is 0.799. The lowest BCUT2D eigenvalue weighted by atomic mass is 10.3. The highest BCUT2D eigenvalue weighted by molar-refractivity contribution is 6.28. The van der Waals surface area contributed by atoms with Crippen molar-refractivity contribution in [2.75, 3.05) is 19.0 Å². The molecule has 0 saturated carbocycles. The summed E-state index contributed by atoms with van der Waals surface area (Å²) in [5, 5.41) is 5.59. The van der Waals surface area contributed by atoms with Gasteiger partial charge in [0, 0.05) is 6.54 Å². The Kier molecular flexibility index (Phi) is 5.57. The average molecular weight is 274 g/mol. The summed E-state index contributed by atoms with van der Waals surface area (Å²) in [7, 11) is 1.42. The fraction of sp³-hybridized carbons (Fsp3) is 0.600. The number of aromatic nitrogens is 3. The summed E-state index contributed by atoms with van der Waals surface area (Å²) < 4.78 is 4.86. The van der Waals surface area contributed by atoms with E-state index in [0.717, 1.165) is 6.42 Å². The van der Waals surface area contributed by atoms with Crippen LogP contribution in [0.4, 0.5) is 5.95 Å². The van der Waals surface area contributed by atoms with Crippen LogP contribution in [0.25, 0.3) is 0 Å². The second kappa shape index (κ2) is 6.95. The van der Waals surface area contributed by atoms with Gasteiger partial charge in [0.2, 0.25) is 17.1 Å². The van der Waals surface area contributed by atoms with E-state index in [1.807, 2.05) is 6.92 Å². The van der Waals surface area contributed by atoms with Crippen LogP contribution >= 0.6 is 11.6 Å². The van der Waals surface area contributed by atoms with Gasteiger partial charge in [0.25, 0.3) is 0 Å². The van der Waals surface area contributed by atoms with Gasteiger partial charge in [-0.3, -0.25) is 4.79 Å². The number of hydrogen-bond donors (Lipinski definition) is 2. The fourth-order valence-corrected chi connectivity index (χ4v) is 1.30. The summed E-state index contributed by atoms with van der Waals surface area (Å²) in [4.78, 5) is 23.2. The molecular weight excluding hydrogens is 258 g/mol. The maximum Gasteiger partial charge on any atom is 0.322 e. The minimum atomic E-state index is -0.472. The van der Waals surface area contributed by atoms with Crippen LogP contribution in [0, 0.1) is 0 Å². The molecule has 18 heavy (non-hydrogen) atoms. The van der Waals surface area contributed by atoms with Crippen molar-refractivity contribution in [3.8, 4) is 6.01 Å². The van der Waals surface area contributed by atoms with Crippen LogP contribution in [0.3, 0.4) is 0 Å². The molecule has 0 aliphatic rings. The van der Waals surface area contributed by atoms with Crippen molar-refractivity contribution in [1.82, 2.24) is 20.3 Å². The number of nitrogens with zero attached hydrogens (tertiary/aromatic N) is 3. The predicted molar refractivity (Wildman–Crippen MR) is 67.8 cm³/mol. The minimum absolute atomic E-state index is 0.00511. The van der Waals surface area contributed by atoms with E-state index in [-0.39, 0.29) is 23.1 Å². The number of halogens is 1. The third-order valence-corrected chi connectivity index (χ3v) is 2.23. The Morgan fingerprint density at radius 3 is 2.78 bits per heavy atom. The molecule has 0 bridgehead atoms. The molecule has 1 rings (SSSR count). The number of carbonyl (C=O) groups excluding carboxylic acids is 1. The second-order valence-corrected chi connectivity index (χ2v) is 3.91. The molecular formula is C10H16ClN5O2. The van der Waals surface area contributed by atoms with Gasteiger partial charge in [-0.05, 0) is 24.9 Å². The van der Waals surface area contributed by atoms with Crippen molar-refractivity contribution in [1.29, 1.82) is 0 Å². The van der Waals surface area contributed by atoms with Crippen LogP contribution in [0.15, 0.2) is 0 Å². The molecule has 100 valence electrons. The normalized spacial score (nSPS) is 11.8. The summed E-state index contributed by atoms with van der Waals surface area (Å²) >= 11 is 5.69. The number of hydrogen-bond acceptors (Lipinski definition) is 6. The van der Waals surface area contributed by atoms with Gasteiger partial charge in [0.15, 0.2) is 0 Å². The molecule has 0 spiro atoms. The molecule has 7 nitrogen and oxygen atoms in total. The molecule has 0 saturated heterocycles. The van der Waals surface area contributed by atoms with Crippen molar-refractivity contribution in [3.05, 3.63) is 5.28 Å². The number of carbonyl (C=O) groups is 1. The van der Waals surface area contributed by atoms with Crippen molar-refractivity contribution in [3.63, 3.8) is 0 Å². The Balaban J connectivity index is 2.66. The molecule has 1 aromatic heterocycles. The minimum Gasteiger partial charge on any atom is -0.467 e. The van der Waals surface area contributed by atoms with Gasteiger partial charge < -0.3 is 15.4 Å². The Morgan fingerprint density at radius 2 is 2.17 bits per heavy atom. The van der Waals surface area contributed by atoms with Gasteiger partial charge in [-0.25, -0.2) is 0 Å². The molecule has 1 unspecified atom stereocenters. The van der Waals surface area contributed by atoms with Gasteiger partial charge >= 0.3 is 6.01 Å². The molecule has 0 aliphatic carbocycles. The lowest BCUT2D eigenvalue weighted by Crippen LogP contribution is -2.38. The number of anilines is 1. The smallest absolute Gasteiger partial charge is 0.322 e. The zero-order valence-corrected chi connectivity index (χ0v) is 11.3. The summed E-state index contributed by atoms with van der Waals surface area (Å²) in [6.07, 6.45) is 0.879. The van der Waals surface area contributed by atoms with E-state index in [2.05, 4.69) is 25.6 Å². The zero-order chi connectivity index (χ0) is 13.5. The molecule has 1 amide bonds. The SMILES string of the molecule is CCCNC(=O)C(C)Nc1nc(Cl)nc(OC)n1. The molecule has 1 atom stereocenters. The van der Waals surface area contributed by atoms with Crippen LogP contribution < -0.4 is 15.4 Å². The monoisotopic (exact) mass is 273 g/mol. The van der Waals surface area contributed by atoms with Crippen molar-refractivity contribution >= 4 is 23.5 Å². The van der Waals surface area contributed by atoms with Crippen LogP contribution in [0.2, 0.25) is 5.28 Å². The van der Waals surface area contributed by atoms with E-state index in [1.165, 1.54) is 7.11 Å². The third-order valence-electron chi connectivity index (χ3n) is 2.06. The number of nitrogens with one attached hydrogen (secondary N) is 2. The number of amides is 1. The van der Waals surface area contributed by atoms with Crippen LogP contribution in [0.5, 0.6) is 6.01 Å². The topological polar surface area (TPSA) is 89.0 Å². The first-order chi connectivity index (χ1) is 8.56. The highest BCUT2D eigenvalue weighted by atomic mass is 35.5. The average Bonchev–Trinajstić information content (AvgIpc) is 2.34. The van der Waals surface area contributed by atoms with Gasteiger partial charge in [-0.1, -0.05) is 6.92 Å². The molecule has 8 heteroatoms. The first-order valence-corrected chi connectivity index (χ1v) is 5.94. The lowest BCUT2D eigenvalue weighted by molar-refractivity contribution is -0.121. The number of methoxy groups -OCH3 is 1. The summed E-state index contributed by atoms with van der Waals surface area (Å²) in [6.45, 7) is 4.32. The summed E-state index contributed by atoms with van der Waals surface area (Å²) in [5.41, 5.74) is 0. The van der Waals surface area contributed by atoms with Crippen molar-refractivity contribution < 1.29 is 9.53 Å². The van der Waals surface area contributed by atoms with E-state index in [0.29, 0.717) is 6.54 Å². The number of rotatable bonds is 6. The largest absolute Gasteiger partial charge is 0.467 e. The molecule has 0 fully saturated rings.